The molecule has 2 atom stereocenters. The van der Waals surface area contributed by atoms with Gasteiger partial charge in [0.25, 0.3) is 0 Å². The van der Waals surface area contributed by atoms with E-state index in [1.807, 2.05) is 16.6 Å². The largest absolute Gasteiger partial charge is 0.374 e. The molecule has 2 aliphatic heterocycles. The first kappa shape index (κ1) is 9.09. The van der Waals surface area contributed by atoms with E-state index in [-0.39, 0.29) is 5.91 Å². The Hall–Kier alpha value is -0.480. The van der Waals surface area contributed by atoms with Crippen molar-refractivity contribution in [2.24, 2.45) is 0 Å². The van der Waals surface area contributed by atoms with Crippen molar-refractivity contribution in [2.45, 2.75) is 18.6 Å². The Morgan fingerprint density at radius 2 is 2.54 bits per heavy atom. The lowest BCUT2D eigenvalue weighted by atomic mass is 10.2. The van der Waals surface area contributed by atoms with Gasteiger partial charge in [-0.15, -0.1) is 11.8 Å². The Kier molecular flexibility index (Phi) is 2.60. The van der Waals surface area contributed by atoms with Crippen LogP contribution in [0.1, 0.15) is 6.42 Å². The molecule has 0 aromatic rings. The summed E-state index contributed by atoms with van der Waals surface area (Å²) in [6.07, 6.45) is 4.92. The van der Waals surface area contributed by atoms with Crippen molar-refractivity contribution in [1.29, 1.82) is 0 Å². The lowest BCUT2D eigenvalue weighted by Gasteiger charge is -2.25. The van der Waals surface area contributed by atoms with Gasteiger partial charge in [0.05, 0.1) is 18.8 Å². The lowest BCUT2D eigenvalue weighted by molar-refractivity contribution is -0.130. The van der Waals surface area contributed by atoms with E-state index in [2.05, 4.69) is 0 Å². The molecule has 0 radical (unpaired) electrons. The zero-order chi connectivity index (χ0) is 9.26. The number of fused-ring (bicyclic) bond motifs is 2. The number of morpholine rings is 1. The highest BCUT2D eigenvalue weighted by Crippen LogP contribution is 2.27. The van der Waals surface area contributed by atoms with Gasteiger partial charge in [0, 0.05) is 12.6 Å². The topological polar surface area (TPSA) is 29.5 Å². The third kappa shape index (κ3) is 1.74. The van der Waals surface area contributed by atoms with Crippen LogP contribution in [0.3, 0.4) is 0 Å². The van der Waals surface area contributed by atoms with Crippen LogP contribution in [0.25, 0.3) is 0 Å². The number of ether oxygens (including phenoxy) is 1. The first-order valence-electron chi connectivity index (χ1n) is 4.43. The molecule has 2 rings (SSSR count). The van der Waals surface area contributed by atoms with Gasteiger partial charge in [-0.25, -0.2) is 0 Å². The zero-order valence-electron chi connectivity index (χ0n) is 7.60. The van der Waals surface area contributed by atoms with Crippen molar-refractivity contribution in [1.82, 2.24) is 4.90 Å². The molecular weight excluding hydrogens is 186 g/mol. The molecule has 2 unspecified atom stereocenters. The summed E-state index contributed by atoms with van der Waals surface area (Å²) >= 11 is 1.55. The molecular formula is C9H13NO2S. The van der Waals surface area contributed by atoms with Crippen LogP contribution in [0.2, 0.25) is 0 Å². The third-order valence-electron chi connectivity index (χ3n) is 2.53. The third-order valence-corrected chi connectivity index (χ3v) is 2.94. The van der Waals surface area contributed by atoms with Crippen LogP contribution in [0.15, 0.2) is 11.5 Å². The second-order valence-corrected chi connectivity index (χ2v) is 4.12. The van der Waals surface area contributed by atoms with E-state index in [4.69, 9.17) is 4.74 Å². The normalized spacial score (nSPS) is 31.9. The SMILES string of the molecule is CS/C=C/C(=O)N1CC2CC1CO2. The molecule has 72 valence electrons. The highest BCUT2D eigenvalue weighted by atomic mass is 32.2. The first-order valence-corrected chi connectivity index (χ1v) is 5.71. The van der Waals surface area contributed by atoms with Crippen molar-refractivity contribution in [3.63, 3.8) is 0 Å². The molecule has 0 aromatic heterocycles. The second-order valence-electron chi connectivity index (χ2n) is 3.37. The van der Waals surface area contributed by atoms with Gasteiger partial charge in [-0.2, -0.15) is 0 Å². The average molecular weight is 199 g/mol. The van der Waals surface area contributed by atoms with E-state index >= 15 is 0 Å². The number of rotatable bonds is 2. The van der Waals surface area contributed by atoms with Gasteiger partial charge in [0.15, 0.2) is 0 Å². The summed E-state index contributed by atoms with van der Waals surface area (Å²) in [6.45, 7) is 1.51. The van der Waals surface area contributed by atoms with Gasteiger partial charge in [-0.3, -0.25) is 4.79 Å². The summed E-state index contributed by atoms with van der Waals surface area (Å²) in [4.78, 5) is 13.5. The fourth-order valence-corrected chi connectivity index (χ4v) is 2.14. The Bertz CT molecular complexity index is 242. The van der Waals surface area contributed by atoms with Crippen molar-refractivity contribution >= 4 is 17.7 Å². The average Bonchev–Trinajstić information content (AvgIpc) is 2.74. The van der Waals surface area contributed by atoms with Gasteiger partial charge in [-0.05, 0) is 18.1 Å². The highest BCUT2D eigenvalue weighted by molar-refractivity contribution is 8.01. The maximum Gasteiger partial charge on any atom is 0.247 e. The molecule has 0 N–H and O–H groups in total. The molecule has 2 aliphatic rings. The maximum absolute atomic E-state index is 11.6. The van der Waals surface area contributed by atoms with E-state index in [1.54, 1.807) is 17.8 Å². The van der Waals surface area contributed by atoms with Crippen LogP contribution in [0.4, 0.5) is 0 Å². The molecule has 2 bridgehead atoms. The van der Waals surface area contributed by atoms with Crippen LogP contribution >= 0.6 is 11.8 Å². The zero-order valence-corrected chi connectivity index (χ0v) is 8.42. The summed E-state index contributed by atoms with van der Waals surface area (Å²) in [5.74, 6) is 0.130. The van der Waals surface area contributed by atoms with Gasteiger partial charge in [0.2, 0.25) is 5.91 Å². The minimum atomic E-state index is 0.130. The Morgan fingerprint density at radius 3 is 3.08 bits per heavy atom. The van der Waals surface area contributed by atoms with Crippen LogP contribution in [-0.4, -0.2) is 42.4 Å². The first-order chi connectivity index (χ1) is 6.31. The summed E-state index contributed by atoms with van der Waals surface area (Å²) in [6, 6.07) is 0.337. The van der Waals surface area contributed by atoms with E-state index < -0.39 is 0 Å². The van der Waals surface area contributed by atoms with Crippen molar-refractivity contribution < 1.29 is 9.53 Å². The van der Waals surface area contributed by atoms with E-state index in [1.165, 1.54) is 0 Å². The summed E-state index contributed by atoms with van der Waals surface area (Å²) in [5.41, 5.74) is 0. The van der Waals surface area contributed by atoms with Crippen LogP contribution in [-0.2, 0) is 9.53 Å². The van der Waals surface area contributed by atoms with Gasteiger partial charge < -0.3 is 9.64 Å². The fourth-order valence-electron chi connectivity index (χ4n) is 1.89. The quantitative estimate of drug-likeness (QED) is 0.618. The smallest absolute Gasteiger partial charge is 0.247 e. The minimum absolute atomic E-state index is 0.130. The van der Waals surface area contributed by atoms with E-state index in [9.17, 15) is 4.79 Å². The summed E-state index contributed by atoms with van der Waals surface area (Å²) in [5, 5.41) is 1.83. The van der Waals surface area contributed by atoms with Crippen LogP contribution < -0.4 is 0 Å². The molecule has 2 fully saturated rings. The molecule has 0 aliphatic carbocycles. The predicted molar refractivity (Wildman–Crippen MR) is 52.5 cm³/mol. The maximum atomic E-state index is 11.6. The number of thioether (sulfide) groups is 1. The van der Waals surface area contributed by atoms with Crippen molar-refractivity contribution in [3.8, 4) is 0 Å². The number of hydrogen-bond donors (Lipinski definition) is 0. The number of carbonyl (C=O) groups is 1. The minimum Gasteiger partial charge on any atom is -0.374 e. The highest BCUT2D eigenvalue weighted by Gasteiger charge is 2.40. The van der Waals surface area contributed by atoms with Crippen LogP contribution in [0, 0.1) is 0 Å². The van der Waals surface area contributed by atoms with Gasteiger partial charge in [0.1, 0.15) is 0 Å². The number of carbonyl (C=O) groups excluding carboxylic acids is 1. The molecule has 0 aromatic carbocycles. The molecule has 0 spiro atoms. The van der Waals surface area contributed by atoms with Crippen molar-refractivity contribution in [3.05, 3.63) is 11.5 Å². The van der Waals surface area contributed by atoms with E-state index in [0.717, 1.165) is 19.6 Å². The standard InChI is InChI=1S/C9H13NO2S/c1-13-3-2-9(11)10-5-8-4-7(10)6-12-8/h2-3,7-8H,4-6H2,1H3/b3-2+. The molecule has 1 amide bonds. The molecule has 3 nitrogen and oxygen atoms in total. The monoisotopic (exact) mass is 199 g/mol. The second kappa shape index (κ2) is 3.72. The Morgan fingerprint density at radius 1 is 1.69 bits per heavy atom. The van der Waals surface area contributed by atoms with Crippen molar-refractivity contribution in [2.75, 3.05) is 19.4 Å². The Labute approximate surface area is 82.1 Å². The van der Waals surface area contributed by atoms with Gasteiger partial charge in [-0.1, -0.05) is 0 Å². The fraction of sp³-hybridized carbons (Fsp3) is 0.667. The molecule has 4 heteroatoms. The van der Waals surface area contributed by atoms with E-state index in [0.29, 0.717) is 12.1 Å². The number of amides is 1. The molecule has 0 saturated carbocycles. The summed E-state index contributed by atoms with van der Waals surface area (Å²) < 4.78 is 5.41. The molecule has 2 saturated heterocycles. The molecule has 13 heavy (non-hydrogen) atoms. The molecule has 2 heterocycles. The van der Waals surface area contributed by atoms with Gasteiger partial charge >= 0.3 is 0 Å². The lowest BCUT2D eigenvalue weighted by Crippen LogP contribution is -2.40. The summed E-state index contributed by atoms with van der Waals surface area (Å²) in [7, 11) is 0. The predicted octanol–water partition coefficient (Wildman–Crippen LogP) is 0.863. The van der Waals surface area contributed by atoms with Crippen LogP contribution in [0.5, 0.6) is 0 Å². The number of nitrogens with zero attached hydrogens (tertiary/aromatic N) is 1. The number of hydrogen-bond acceptors (Lipinski definition) is 3. The Balaban J connectivity index is 1.95. The number of likely N-dealkylation sites (tertiary alicyclic amines) is 1.